The van der Waals surface area contributed by atoms with Crippen LogP contribution in [0.15, 0.2) is 35.7 Å². The van der Waals surface area contributed by atoms with Crippen molar-refractivity contribution in [2.45, 2.75) is 13.8 Å². The van der Waals surface area contributed by atoms with Crippen molar-refractivity contribution in [3.8, 4) is 9.88 Å². The number of thiazole rings is 1. The van der Waals surface area contributed by atoms with E-state index in [1.165, 1.54) is 29.6 Å². The summed E-state index contributed by atoms with van der Waals surface area (Å²) in [4.78, 5) is 28.9. The SMILES string of the molecule is CC(=O)Nc1cc(NC(=O)c2csc(-c3ccc(Cl)s3)n2)ccc1C. The Morgan fingerprint density at radius 1 is 1.16 bits per heavy atom. The number of carbonyl (C=O) groups is 2. The first kappa shape index (κ1) is 17.6. The highest BCUT2D eigenvalue weighted by atomic mass is 35.5. The number of carbonyl (C=O) groups excluding carboxylic acids is 2. The fraction of sp³-hybridized carbons (Fsp3) is 0.118. The summed E-state index contributed by atoms with van der Waals surface area (Å²) in [5.41, 5.74) is 2.51. The molecule has 8 heteroatoms. The number of amides is 2. The average Bonchev–Trinajstić information content (AvgIpc) is 3.19. The lowest BCUT2D eigenvalue weighted by Crippen LogP contribution is -2.13. The molecule has 2 N–H and O–H groups in total. The van der Waals surface area contributed by atoms with Crippen molar-refractivity contribution in [1.82, 2.24) is 4.98 Å². The quantitative estimate of drug-likeness (QED) is 0.654. The molecule has 1 aromatic carbocycles. The molecule has 2 heterocycles. The number of hydrogen-bond donors (Lipinski definition) is 2. The number of thiophene rings is 1. The standard InChI is InChI=1S/C17H14ClN3O2S2/c1-9-3-4-11(7-12(9)19-10(2)22)20-16(23)13-8-24-17(21-13)14-5-6-15(18)25-14/h3-8H,1-2H3,(H,19,22)(H,20,23). The summed E-state index contributed by atoms with van der Waals surface area (Å²) in [6, 6.07) is 9.03. The van der Waals surface area contributed by atoms with Crippen LogP contribution < -0.4 is 10.6 Å². The van der Waals surface area contributed by atoms with E-state index in [0.717, 1.165) is 15.4 Å². The van der Waals surface area contributed by atoms with Gasteiger partial charge in [-0.2, -0.15) is 0 Å². The number of hydrogen-bond acceptors (Lipinski definition) is 5. The van der Waals surface area contributed by atoms with Gasteiger partial charge in [0.25, 0.3) is 5.91 Å². The molecule has 0 fully saturated rings. The van der Waals surface area contributed by atoms with Crippen LogP contribution in [0.4, 0.5) is 11.4 Å². The van der Waals surface area contributed by atoms with Crippen LogP contribution in [0.1, 0.15) is 23.0 Å². The smallest absolute Gasteiger partial charge is 0.275 e. The van der Waals surface area contributed by atoms with E-state index in [1.54, 1.807) is 23.6 Å². The summed E-state index contributed by atoms with van der Waals surface area (Å²) >= 11 is 8.75. The minimum Gasteiger partial charge on any atom is -0.326 e. The van der Waals surface area contributed by atoms with Gasteiger partial charge in [-0.15, -0.1) is 22.7 Å². The van der Waals surface area contributed by atoms with Gasteiger partial charge in [0.15, 0.2) is 0 Å². The van der Waals surface area contributed by atoms with E-state index >= 15 is 0 Å². The van der Waals surface area contributed by atoms with Gasteiger partial charge in [0.05, 0.1) is 9.21 Å². The van der Waals surface area contributed by atoms with E-state index in [9.17, 15) is 9.59 Å². The molecule has 3 aromatic rings. The van der Waals surface area contributed by atoms with E-state index in [2.05, 4.69) is 15.6 Å². The van der Waals surface area contributed by atoms with Crippen molar-refractivity contribution < 1.29 is 9.59 Å². The fourth-order valence-electron chi connectivity index (χ4n) is 2.14. The van der Waals surface area contributed by atoms with E-state index in [-0.39, 0.29) is 11.8 Å². The predicted octanol–water partition coefficient (Wildman–Crippen LogP) is 5.04. The maximum absolute atomic E-state index is 12.4. The van der Waals surface area contributed by atoms with E-state index < -0.39 is 0 Å². The van der Waals surface area contributed by atoms with Crippen LogP contribution in [-0.2, 0) is 4.79 Å². The molecule has 0 saturated heterocycles. The summed E-state index contributed by atoms with van der Waals surface area (Å²) < 4.78 is 0.682. The third kappa shape index (κ3) is 4.25. The molecular formula is C17H14ClN3O2S2. The average molecular weight is 392 g/mol. The monoisotopic (exact) mass is 391 g/mol. The summed E-state index contributed by atoms with van der Waals surface area (Å²) in [6.07, 6.45) is 0. The molecule has 2 aromatic heterocycles. The van der Waals surface area contributed by atoms with Crippen molar-refractivity contribution in [3.63, 3.8) is 0 Å². The van der Waals surface area contributed by atoms with Crippen LogP contribution in [0, 0.1) is 6.92 Å². The molecular weight excluding hydrogens is 378 g/mol. The molecule has 3 rings (SSSR count). The van der Waals surface area contributed by atoms with Gasteiger partial charge in [-0.1, -0.05) is 17.7 Å². The Labute approximate surface area is 157 Å². The van der Waals surface area contributed by atoms with Crippen molar-refractivity contribution in [2.24, 2.45) is 0 Å². The summed E-state index contributed by atoms with van der Waals surface area (Å²) in [6.45, 7) is 3.33. The first-order valence-electron chi connectivity index (χ1n) is 7.33. The highest BCUT2D eigenvalue weighted by Gasteiger charge is 2.14. The largest absolute Gasteiger partial charge is 0.326 e. The molecule has 25 heavy (non-hydrogen) atoms. The minimum absolute atomic E-state index is 0.162. The Balaban J connectivity index is 1.76. The molecule has 0 aliphatic rings. The Bertz CT molecular complexity index is 949. The normalized spacial score (nSPS) is 10.5. The predicted molar refractivity (Wildman–Crippen MR) is 104 cm³/mol. The summed E-state index contributed by atoms with van der Waals surface area (Å²) in [7, 11) is 0. The van der Waals surface area contributed by atoms with E-state index in [0.29, 0.717) is 21.4 Å². The lowest BCUT2D eigenvalue weighted by Gasteiger charge is -2.09. The van der Waals surface area contributed by atoms with Crippen molar-refractivity contribution in [2.75, 3.05) is 10.6 Å². The molecule has 0 saturated carbocycles. The number of halogens is 1. The molecule has 0 unspecified atom stereocenters. The second-order valence-corrected chi connectivity index (χ2v) is 7.88. The Morgan fingerprint density at radius 2 is 1.96 bits per heavy atom. The molecule has 0 spiro atoms. The van der Waals surface area contributed by atoms with Crippen LogP contribution in [-0.4, -0.2) is 16.8 Å². The van der Waals surface area contributed by atoms with Crippen LogP contribution in [0.2, 0.25) is 4.34 Å². The van der Waals surface area contributed by atoms with Gasteiger partial charge in [0, 0.05) is 23.7 Å². The third-order valence-corrected chi connectivity index (χ3v) is 5.57. The first-order valence-corrected chi connectivity index (χ1v) is 9.40. The van der Waals surface area contributed by atoms with Gasteiger partial charge in [0.1, 0.15) is 10.7 Å². The number of aromatic nitrogens is 1. The van der Waals surface area contributed by atoms with Crippen molar-refractivity contribution >= 4 is 57.5 Å². The topological polar surface area (TPSA) is 71.1 Å². The molecule has 2 amide bonds. The lowest BCUT2D eigenvalue weighted by molar-refractivity contribution is -0.114. The molecule has 0 aliphatic carbocycles. The van der Waals surface area contributed by atoms with Gasteiger partial charge in [-0.25, -0.2) is 4.98 Å². The first-order chi connectivity index (χ1) is 11.9. The Kier molecular flexibility index (Phi) is 5.17. The number of anilines is 2. The number of benzene rings is 1. The highest BCUT2D eigenvalue weighted by molar-refractivity contribution is 7.23. The van der Waals surface area contributed by atoms with Gasteiger partial charge in [-0.05, 0) is 36.8 Å². The number of rotatable bonds is 4. The minimum atomic E-state index is -0.303. The Morgan fingerprint density at radius 3 is 2.64 bits per heavy atom. The summed E-state index contributed by atoms with van der Waals surface area (Å²) in [5.74, 6) is -0.465. The molecule has 5 nitrogen and oxygen atoms in total. The van der Waals surface area contributed by atoms with Crippen LogP contribution >= 0.6 is 34.3 Å². The number of nitrogens with one attached hydrogen (secondary N) is 2. The molecule has 0 radical (unpaired) electrons. The van der Waals surface area contributed by atoms with Gasteiger partial charge >= 0.3 is 0 Å². The second kappa shape index (κ2) is 7.35. The van der Waals surface area contributed by atoms with Crippen LogP contribution in [0.25, 0.3) is 9.88 Å². The van der Waals surface area contributed by atoms with Gasteiger partial charge in [0.2, 0.25) is 5.91 Å². The zero-order valence-electron chi connectivity index (χ0n) is 13.4. The van der Waals surface area contributed by atoms with E-state index in [4.69, 9.17) is 11.6 Å². The molecule has 0 atom stereocenters. The zero-order valence-corrected chi connectivity index (χ0v) is 15.8. The molecule has 128 valence electrons. The van der Waals surface area contributed by atoms with Crippen molar-refractivity contribution in [3.05, 3.63) is 51.3 Å². The van der Waals surface area contributed by atoms with E-state index in [1.807, 2.05) is 19.1 Å². The van der Waals surface area contributed by atoms with Gasteiger partial charge in [-0.3, -0.25) is 9.59 Å². The third-order valence-electron chi connectivity index (χ3n) is 3.33. The van der Waals surface area contributed by atoms with Crippen molar-refractivity contribution in [1.29, 1.82) is 0 Å². The van der Waals surface area contributed by atoms with Gasteiger partial charge < -0.3 is 10.6 Å². The summed E-state index contributed by atoms with van der Waals surface area (Å²) in [5, 5.41) is 8.00. The maximum Gasteiger partial charge on any atom is 0.275 e. The molecule has 0 aliphatic heterocycles. The highest BCUT2D eigenvalue weighted by Crippen LogP contribution is 2.33. The van der Waals surface area contributed by atoms with Crippen LogP contribution in [0.3, 0.4) is 0 Å². The second-order valence-electron chi connectivity index (χ2n) is 5.31. The van der Waals surface area contributed by atoms with Crippen LogP contribution in [0.5, 0.6) is 0 Å². The zero-order chi connectivity index (χ0) is 18.0. The fourth-order valence-corrected chi connectivity index (χ4v) is 4.05. The number of nitrogens with zero attached hydrogens (tertiary/aromatic N) is 1. The Hall–Kier alpha value is -2.22. The molecule has 0 bridgehead atoms. The lowest BCUT2D eigenvalue weighted by atomic mass is 10.1. The number of aryl methyl sites for hydroxylation is 1. The maximum atomic E-state index is 12.4.